The quantitative estimate of drug-likeness (QED) is 0.682. The lowest BCUT2D eigenvalue weighted by Gasteiger charge is -2.07. The van der Waals surface area contributed by atoms with Crippen LogP contribution in [0.25, 0.3) is 0 Å². The second kappa shape index (κ2) is 7.05. The van der Waals surface area contributed by atoms with E-state index in [1.807, 2.05) is 31.2 Å². The molecule has 1 aliphatic carbocycles. The highest BCUT2D eigenvalue weighted by atomic mass is 16.5. The standard InChI is InChI=1S/C18H19N3O2/c1-13(16-6-3-9-19-11-16)20-21-18(22)12-23-17-8-7-14-4-2-5-15(14)10-17/h3,6-11H,2,4-5,12H2,1H3,(H,21,22). The van der Waals surface area contributed by atoms with Crippen molar-refractivity contribution >= 4 is 11.6 Å². The number of carbonyl (C=O) groups is 1. The molecule has 1 N–H and O–H groups in total. The number of carbonyl (C=O) groups excluding carboxylic acids is 1. The van der Waals surface area contributed by atoms with Gasteiger partial charge in [0.2, 0.25) is 0 Å². The Morgan fingerprint density at radius 3 is 3.00 bits per heavy atom. The topological polar surface area (TPSA) is 63.6 Å². The van der Waals surface area contributed by atoms with E-state index < -0.39 is 0 Å². The molecular weight excluding hydrogens is 290 g/mol. The zero-order valence-electron chi connectivity index (χ0n) is 13.1. The molecule has 0 unspecified atom stereocenters. The van der Waals surface area contributed by atoms with Crippen LogP contribution in [0.4, 0.5) is 0 Å². The fourth-order valence-electron chi connectivity index (χ4n) is 2.61. The molecule has 0 bridgehead atoms. The summed E-state index contributed by atoms with van der Waals surface area (Å²) in [6, 6.07) is 9.74. The molecule has 0 saturated heterocycles. The minimum atomic E-state index is -0.284. The van der Waals surface area contributed by atoms with Gasteiger partial charge in [-0.05, 0) is 55.5 Å². The highest BCUT2D eigenvalue weighted by Gasteiger charge is 2.11. The number of aryl methyl sites for hydroxylation is 2. The summed E-state index contributed by atoms with van der Waals surface area (Å²) in [5, 5.41) is 4.06. The lowest BCUT2D eigenvalue weighted by atomic mass is 10.1. The molecule has 3 rings (SSSR count). The normalized spacial score (nSPS) is 13.5. The number of pyridine rings is 1. The average Bonchev–Trinajstić information content (AvgIpc) is 3.06. The van der Waals surface area contributed by atoms with Gasteiger partial charge in [0.25, 0.3) is 5.91 Å². The maximum atomic E-state index is 11.8. The number of fused-ring (bicyclic) bond motifs is 1. The van der Waals surface area contributed by atoms with Gasteiger partial charge in [0, 0.05) is 18.0 Å². The van der Waals surface area contributed by atoms with Crippen LogP contribution < -0.4 is 10.2 Å². The first-order chi connectivity index (χ1) is 11.2. The van der Waals surface area contributed by atoms with Crippen molar-refractivity contribution in [1.29, 1.82) is 0 Å². The number of aromatic nitrogens is 1. The van der Waals surface area contributed by atoms with Crippen LogP contribution in [-0.2, 0) is 17.6 Å². The molecule has 118 valence electrons. The van der Waals surface area contributed by atoms with Crippen LogP contribution in [0.3, 0.4) is 0 Å². The van der Waals surface area contributed by atoms with Crippen LogP contribution in [0.5, 0.6) is 5.75 Å². The van der Waals surface area contributed by atoms with Gasteiger partial charge in [-0.3, -0.25) is 9.78 Å². The van der Waals surface area contributed by atoms with Gasteiger partial charge < -0.3 is 4.74 Å². The third-order valence-corrected chi connectivity index (χ3v) is 3.87. The van der Waals surface area contributed by atoms with E-state index in [0.717, 1.165) is 24.2 Å². The zero-order valence-corrected chi connectivity index (χ0v) is 13.1. The number of nitrogens with zero attached hydrogens (tertiary/aromatic N) is 2. The van der Waals surface area contributed by atoms with Gasteiger partial charge >= 0.3 is 0 Å². The maximum absolute atomic E-state index is 11.8. The number of hydrogen-bond donors (Lipinski definition) is 1. The second-order valence-corrected chi connectivity index (χ2v) is 5.55. The Morgan fingerprint density at radius 1 is 1.30 bits per heavy atom. The van der Waals surface area contributed by atoms with Gasteiger partial charge in [0.1, 0.15) is 5.75 Å². The van der Waals surface area contributed by atoms with E-state index in [2.05, 4.69) is 21.6 Å². The van der Waals surface area contributed by atoms with Crippen LogP contribution in [-0.4, -0.2) is 23.2 Å². The van der Waals surface area contributed by atoms with Gasteiger partial charge in [-0.1, -0.05) is 12.1 Å². The van der Waals surface area contributed by atoms with E-state index in [9.17, 15) is 4.79 Å². The molecule has 5 heteroatoms. The van der Waals surface area contributed by atoms with E-state index >= 15 is 0 Å². The summed E-state index contributed by atoms with van der Waals surface area (Å²) in [6.45, 7) is 1.77. The summed E-state index contributed by atoms with van der Waals surface area (Å²) in [6.07, 6.45) is 6.82. The zero-order chi connectivity index (χ0) is 16.1. The van der Waals surface area contributed by atoms with Gasteiger partial charge in [0.15, 0.2) is 6.61 Å². The Balaban J connectivity index is 1.52. The van der Waals surface area contributed by atoms with Gasteiger partial charge in [-0.25, -0.2) is 5.43 Å². The number of rotatable bonds is 5. The number of nitrogens with one attached hydrogen (secondary N) is 1. The van der Waals surface area contributed by atoms with Gasteiger partial charge in [0.05, 0.1) is 5.71 Å². The van der Waals surface area contributed by atoms with Crippen LogP contribution in [0.1, 0.15) is 30.0 Å². The first-order valence-electron chi connectivity index (χ1n) is 7.70. The molecule has 1 heterocycles. The molecule has 0 aliphatic heterocycles. The fraction of sp³-hybridized carbons (Fsp3) is 0.278. The lowest BCUT2D eigenvalue weighted by Crippen LogP contribution is -2.25. The summed E-state index contributed by atoms with van der Waals surface area (Å²) in [5.41, 5.74) is 6.78. The minimum absolute atomic E-state index is 0.0530. The molecule has 0 spiro atoms. The molecule has 1 amide bonds. The molecule has 0 radical (unpaired) electrons. The van der Waals surface area contributed by atoms with Crippen molar-refractivity contribution in [3.63, 3.8) is 0 Å². The molecule has 23 heavy (non-hydrogen) atoms. The molecule has 1 aromatic heterocycles. The first kappa shape index (κ1) is 15.2. The Labute approximate surface area is 135 Å². The van der Waals surface area contributed by atoms with Crippen molar-refractivity contribution in [2.45, 2.75) is 26.2 Å². The van der Waals surface area contributed by atoms with E-state index in [4.69, 9.17) is 4.74 Å². The van der Waals surface area contributed by atoms with Crippen LogP contribution in [0.15, 0.2) is 47.8 Å². The molecule has 2 aromatic rings. The lowest BCUT2D eigenvalue weighted by molar-refractivity contribution is -0.123. The van der Waals surface area contributed by atoms with Crippen LogP contribution in [0, 0.1) is 0 Å². The van der Waals surface area contributed by atoms with E-state index in [1.54, 1.807) is 12.4 Å². The summed E-state index contributed by atoms with van der Waals surface area (Å²) >= 11 is 0. The summed E-state index contributed by atoms with van der Waals surface area (Å²) in [5.74, 6) is 0.447. The highest BCUT2D eigenvalue weighted by molar-refractivity contribution is 5.98. The van der Waals surface area contributed by atoms with Gasteiger partial charge in [-0.2, -0.15) is 5.10 Å². The predicted octanol–water partition coefficient (Wildman–Crippen LogP) is 2.49. The van der Waals surface area contributed by atoms with Crippen molar-refractivity contribution < 1.29 is 9.53 Å². The Bertz CT molecular complexity index is 726. The Hall–Kier alpha value is -2.69. The summed E-state index contributed by atoms with van der Waals surface area (Å²) in [4.78, 5) is 15.8. The smallest absolute Gasteiger partial charge is 0.277 e. The number of hydrogen-bond acceptors (Lipinski definition) is 4. The second-order valence-electron chi connectivity index (χ2n) is 5.55. The van der Waals surface area contributed by atoms with Gasteiger partial charge in [-0.15, -0.1) is 0 Å². The van der Waals surface area contributed by atoms with E-state index in [0.29, 0.717) is 5.71 Å². The number of amides is 1. The molecule has 0 saturated carbocycles. The van der Waals surface area contributed by atoms with Crippen molar-refractivity contribution in [2.75, 3.05) is 6.61 Å². The largest absolute Gasteiger partial charge is 0.484 e. The third-order valence-electron chi connectivity index (χ3n) is 3.87. The fourth-order valence-corrected chi connectivity index (χ4v) is 2.61. The monoisotopic (exact) mass is 309 g/mol. The molecule has 0 fully saturated rings. The van der Waals surface area contributed by atoms with E-state index in [-0.39, 0.29) is 12.5 Å². The predicted molar refractivity (Wildman–Crippen MR) is 88.6 cm³/mol. The van der Waals surface area contributed by atoms with Crippen LogP contribution >= 0.6 is 0 Å². The SMILES string of the molecule is CC(=NNC(=O)COc1ccc2c(c1)CCC2)c1cccnc1. The number of hydrazone groups is 1. The molecule has 5 nitrogen and oxygen atoms in total. The average molecular weight is 309 g/mol. The van der Waals surface area contributed by atoms with Crippen molar-refractivity contribution in [3.05, 3.63) is 59.4 Å². The molecule has 0 atom stereocenters. The maximum Gasteiger partial charge on any atom is 0.277 e. The van der Waals surface area contributed by atoms with Crippen molar-refractivity contribution in [3.8, 4) is 5.75 Å². The molecular formula is C18H19N3O2. The van der Waals surface area contributed by atoms with Crippen molar-refractivity contribution in [2.24, 2.45) is 5.10 Å². The summed E-state index contributed by atoms with van der Waals surface area (Å²) in [7, 11) is 0. The number of benzene rings is 1. The van der Waals surface area contributed by atoms with Crippen molar-refractivity contribution in [1.82, 2.24) is 10.4 Å². The molecule has 1 aliphatic rings. The van der Waals surface area contributed by atoms with E-state index in [1.165, 1.54) is 17.5 Å². The Kier molecular flexibility index (Phi) is 4.66. The Morgan fingerprint density at radius 2 is 2.17 bits per heavy atom. The third kappa shape index (κ3) is 3.94. The number of ether oxygens (including phenoxy) is 1. The minimum Gasteiger partial charge on any atom is -0.484 e. The van der Waals surface area contributed by atoms with Crippen LogP contribution in [0.2, 0.25) is 0 Å². The first-order valence-corrected chi connectivity index (χ1v) is 7.70. The molecule has 1 aromatic carbocycles. The summed E-state index contributed by atoms with van der Waals surface area (Å²) < 4.78 is 5.54. The highest BCUT2D eigenvalue weighted by Crippen LogP contribution is 2.25.